The fourth-order valence-corrected chi connectivity index (χ4v) is 4.90. The van der Waals surface area contributed by atoms with E-state index >= 15 is 0 Å². The molecule has 0 spiro atoms. The van der Waals surface area contributed by atoms with Crippen molar-refractivity contribution >= 4 is 33.0 Å². The van der Waals surface area contributed by atoms with Crippen LogP contribution in [0.4, 0.5) is 5.69 Å². The summed E-state index contributed by atoms with van der Waals surface area (Å²) in [6.07, 6.45) is 2.19. The highest BCUT2D eigenvalue weighted by Crippen LogP contribution is 2.25. The quantitative estimate of drug-likeness (QED) is 0.766. The van der Waals surface area contributed by atoms with Crippen LogP contribution in [0.5, 0.6) is 0 Å². The minimum absolute atomic E-state index is 0.213. The molecule has 0 saturated carbocycles. The molecular formula is C17H21N3O3S2. The Balaban J connectivity index is 1.45. The van der Waals surface area contributed by atoms with Crippen LogP contribution in [0.15, 0.2) is 46.0 Å². The van der Waals surface area contributed by atoms with E-state index in [1.807, 2.05) is 12.1 Å². The van der Waals surface area contributed by atoms with Crippen molar-refractivity contribution in [3.05, 3.63) is 47.3 Å². The van der Waals surface area contributed by atoms with E-state index in [0.29, 0.717) is 13.1 Å². The largest absolute Gasteiger partial charge is 0.370 e. The summed E-state index contributed by atoms with van der Waals surface area (Å²) in [6.45, 7) is 1.91. The van der Waals surface area contributed by atoms with Crippen LogP contribution in [0.3, 0.4) is 0 Å². The highest BCUT2D eigenvalue weighted by Gasteiger charge is 2.17. The summed E-state index contributed by atoms with van der Waals surface area (Å²) in [6, 6.07) is 11.5. The van der Waals surface area contributed by atoms with E-state index in [4.69, 9.17) is 0 Å². The lowest BCUT2D eigenvalue weighted by molar-refractivity contribution is -0.119. The van der Waals surface area contributed by atoms with E-state index < -0.39 is 10.0 Å². The maximum atomic E-state index is 12.0. The van der Waals surface area contributed by atoms with Gasteiger partial charge in [0.25, 0.3) is 10.0 Å². The lowest BCUT2D eigenvalue weighted by Crippen LogP contribution is -2.41. The van der Waals surface area contributed by atoms with Gasteiger partial charge in [0.1, 0.15) is 4.21 Å². The molecule has 0 unspecified atom stereocenters. The fourth-order valence-electron chi connectivity index (χ4n) is 2.88. The predicted molar refractivity (Wildman–Crippen MR) is 99.5 cm³/mol. The molecule has 0 aliphatic carbocycles. The number of anilines is 1. The van der Waals surface area contributed by atoms with Gasteiger partial charge in [-0.05, 0) is 35.9 Å². The van der Waals surface area contributed by atoms with Crippen LogP contribution < -0.4 is 14.9 Å². The average molecular weight is 380 g/mol. The van der Waals surface area contributed by atoms with Crippen molar-refractivity contribution < 1.29 is 13.2 Å². The number of hydrogen-bond donors (Lipinski definition) is 2. The number of rotatable bonds is 7. The van der Waals surface area contributed by atoms with Crippen LogP contribution in [0, 0.1) is 0 Å². The van der Waals surface area contributed by atoms with E-state index in [9.17, 15) is 13.2 Å². The molecule has 1 aromatic heterocycles. The van der Waals surface area contributed by atoms with Crippen molar-refractivity contribution in [3.63, 3.8) is 0 Å². The standard InChI is InChI=1S/C17H21N3O3S2/c21-16(13-19-25(22,23)17-8-4-12-24-17)18-9-11-20-10-3-6-14-5-1-2-7-15(14)20/h1-2,4-5,7-8,12,19H,3,6,9-11,13H2,(H,18,21). The number of fused-ring (bicyclic) bond motifs is 1. The van der Waals surface area contributed by atoms with Crippen molar-refractivity contribution in [1.82, 2.24) is 10.0 Å². The number of nitrogens with one attached hydrogen (secondary N) is 2. The Labute approximate surface area is 151 Å². The zero-order valence-corrected chi connectivity index (χ0v) is 15.4. The summed E-state index contributed by atoms with van der Waals surface area (Å²) in [7, 11) is -3.60. The smallest absolute Gasteiger partial charge is 0.250 e. The lowest BCUT2D eigenvalue weighted by atomic mass is 10.0. The Hall–Kier alpha value is -1.90. The first kappa shape index (κ1) is 17.9. The molecule has 1 aromatic carbocycles. The second-order valence-corrected chi connectivity index (χ2v) is 8.77. The third-order valence-corrected chi connectivity index (χ3v) is 6.89. The summed E-state index contributed by atoms with van der Waals surface area (Å²) in [4.78, 5) is 14.2. The Kier molecular flexibility index (Phi) is 5.72. The molecule has 1 amide bonds. The van der Waals surface area contributed by atoms with Crippen LogP contribution in [0.25, 0.3) is 0 Å². The first-order valence-corrected chi connectivity index (χ1v) is 10.6. The molecule has 1 aliphatic rings. The molecule has 2 heterocycles. The second kappa shape index (κ2) is 7.99. The number of sulfonamides is 1. The summed E-state index contributed by atoms with van der Waals surface area (Å²) in [5.41, 5.74) is 2.56. The van der Waals surface area contributed by atoms with Crippen molar-refractivity contribution in [2.24, 2.45) is 0 Å². The van der Waals surface area contributed by atoms with Gasteiger partial charge in [0, 0.05) is 25.3 Å². The van der Waals surface area contributed by atoms with Gasteiger partial charge in [-0.1, -0.05) is 24.3 Å². The molecule has 2 N–H and O–H groups in total. The minimum Gasteiger partial charge on any atom is -0.370 e. The molecular weight excluding hydrogens is 358 g/mol. The first-order chi connectivity index (χ1) is 12.1. The van der Waals surface area contributed by atoms with Gasteiger partial charge in [-0.3, -0.25) is 4.79 Å². The zero-order valence-electron chi connectivity index (χ0n) is 13.8. The molecule has 0 radical (unpaired) electrons. The maximum absolute atomic E-state index is 12.0. The normalized spacial score (nSPS) is 14.2. The lowest BCUT2D eigenvalue weighted by Gasteiger charge is -2.31. The highest BCUT2D eigenvalue weighted by molar-refractivity contribution is 7.91. The third-order valence-electron chi connectivity index (χ3n) is 4.09. The summed E-state index contributed by atoms with van der Waals surface area (Å²) < 4.78 is 26.5. The van der Waals surface area contributed by atoms with Gasteiger partial charge in [0.05, 0.1) is 6.54 Å². The molecule has 0 atom stereocenters. The van der Waals surface area contributed by atoms with Crippen LogP contribution in [0.2, 0.25) is 0 Å². The molecule has 0 bridgehead atoms. The van der Waals surface area contributed by atoms with Crippen LogP contribution in [-0.2, 0) is 21.2 Å². The van der Waals surface area contributed by atoms with E-state index in [-0.39, 0.29) is 16.7 Å². The van der Waals surface area contributed by atoms with Crippen molar-refractivity contribution in [3.8, 4) is 0 Å². The average Bonchev–Trinajstić information content (AvgIpc) is 3.16. The van der Waals surface area contributed by atoms with Crippen molar-refractivity contribution in [2.75, 3.05) is 31.1 Å². The second-order valence-electron chi connectivity index (χ2n) is 5.83. The Morgan fingerprint density at radius 2 is 2.04 bits per heavy atom. The fraction of sp³-hybridized carbons (Fsp3) is 0.353. The van der Waals surface area contributed by atoms with Gasteiger partial charge in [-0.2, -0.15) is 0 Å². The van der Waals surface area contributed by atoms with Crippen LogP contribution in [-0.4, -0.2) is 40.5 Å². The van der Waals surface area contributed by atoms with Gasteiger partial charge in [0.2, 0.25) is 5.91 Å². The molecule has 3 rings (SSSR count). The van der Waals surface area contributed by atoms with E-state index in [0.717, 1.165) is 30.7 Å². The van der Waals surface area contributed by atoms with Gasteiger partial charge in [-0.15, -0.1) is 11.3 Å². The highest BCUT2D eigenvalue weighted by atomic mass is 32.2. The summed E-state index contributed by atoms with van der Waals surface area (Å²) in [5, 5.41) is 4.46. The summed E-state index contributed by atoms with van der Waals surface area (Å²) in [5.74, 6) is -0.328. The van der Waals surface area contributed by atoms with Crippen molar-refractivity contribution in [2.45, 2.75) is 17.1 Å². The third kappa shape index (κ3) is 4.59. The Morgan fingerprint density at radius 3 is 2.84 bits per heavy atom. The molecule has 1 aliphatic heterocycles. The number of benzene rings is 1. The Morgan fingerprint density at radius 1 is 1.20 bits per heavy atom. The van der Waals surface area contributed by atoms with E-state index in [1.165, 1.54) is 17.3 Å². The first-order valence-electron chi connectivity index (χ1n) is 8.19. The molecule has 8 heteroatoms. The monoisotopic (exact) mass is 379 g/mol. The molecule has 2 aromatic rings. The molecule has 0 fully saturated rings. The number of amides is 1. The molecule has 134 valence electrons. The number of thiophene rings is 1. The van der Waals surface area contributed by atoms with Crippen molar-refractivity contribution in [1.29, 1.82) is 0 Å². The SMILES string of the molecule is O=C(CNS(=O)(=O)c1cccs1)NCCN1CCCc2ccccc21. The number of aryl methyl sites for hydroxylation is 1. The van der Waals surface area contributed by atoms with Gasteiger partial charge >= 0.3 is 0 Å². The number of carbonyl (C=O) groups excluding carboxylic acids is 1. The predicted octanol–water partition coefficient (Wildman–Crippen LogP) is 1.60. The van der Waals surface area contributed by atoms with E-state index in [1.54, 1.807) is 11.4 Å². The number of hydrogen-bond acceptors (Lipinski definition) is 5. The molecule has 25 heavy (non-hydrogen) atoms. The van der Waals surface area contributed by atoms with Crippen LogP contribution >= 0.6 is 11.3 Å². The molecule has 6 nitrogen and oxygen atoms in total. The van der Waals surface area contributed by atoms with E-state index in [2.05, 4.69) is 27.1 Å². The zero-order chi connectivity index (χ0) is 17.7. The maximum Gasteiger partial charge on any atom is 0.250 e. The summed E-state index contributed by atoms with van der Waals surface area (Å²) >= 11 is 1.12. The molecule has 0 saturated heterocycles. The number of nitrogens with zero attached hydrogens (tertiary/aromatic N) is 1. The number of para-hydroxylation sites is 1. The topological polar surface area (TPSA) is 78.5 Å². The number of carbonyl (C=O) groups is 1. The minimum atomic E-state index is -3.60. The van der Waals surface area contributed by atoms with Crippen LogP contribution in [0.1, 0.15) is 12.0 Å². The van der Waals surface area contributed by atoms with Gasteiger partial charge in [-0.25, -0.2) is 13.1 Å². The van der Waals surface area contributed by atoms with Gasteiger partial charge in [0.15, 0.2) is 0 Å². The van der Waals surface area contributed by atoms with Gasteiger partial charge < -0.3 is 10.2 Å². The Bertz CT molecular complexity index is 819.